The van der Waals surface area contributed by atoms with Crippen molar-refractivity contribution in [1.29, 1.82) is 0 Å². The predicted molar refractivity (Wildman–Crippen MR) is 84.8 cm³/mol. The van der Waals surface area contributed by atoms with Gasteiger partial charge in [0, 0.05) is 25.6 Å². The number of carboxylic acids is 1. The van der Waals surface area contributed by atoms with Gasteiger partial charge in [0.05, 0.1) is 6.42 Å². The Hall–Kier alpha value is -2.04. The molecule has 2 N–H and O–H groups in total. The Morgan fingerprint density at radius 3 is 2.36 bits per heavy atom. The molecule has 120 valence electrons. The SMILES string of the molecule is CN(CC1(c2ccccc2)CC1(C)C)C(=O)NCCC(=O)O. The number of likely N-dealkylation sites (N-methyl/N-ethyl adjacent to an activating group) is 1. The van der Waals surface area contributed by atoms with E-state index in [1.807, 2.05) is 18.2 Å². The molecule has 2 amide bonds. The van der Waals surface area contributed by atoms with Crippen molar-refractivity contribution in [2.45, 2.75) is 32.1 Å². The molecule has 0 aromatic heterocycles. The number of rotatable bonds is 6. The zero-order valence-corrected chi connectivity index (χ0v) is 13.4. The summed E-state index contributed by atoms with van der Waals surface area (Å²) in [5.41, 5.74) is 1.39. The van der Waals surface area contributed by atoms with Crippen LogP contribution < -0.4 is 5.32 Å². The van der Waals surface area contributed by atoms with Crippen LogP contribution in [0.25, 0.3) is 0 Å². The first-order valence-corrected chi connectivity index (χ1v) is 7.55. The van der Waals surface area contributed by atoms with Crippen LogP contribution in [0.3, 0.4) is 0 Å². The number of carboxylic acid groups (broad SMARTS) is 1. The zero-order chi connectivity index (χ0) is 16.4. The van der Waals surface area contributed by atoms with Gasteiger partial charge in [-0.2, -0.15) is 0 Å². The minimum atomic E-state index is -0.910. The highest BCUT2D eigenvalue weighted by Crippen LogP contribution is 2.64. The van der Waals surface area contributed by atoms with E-state index in [9.17, 15) is 9.59 Å². The van der Waals surface area contributed by atoms with Crippen molar-refractivity contribution >= 4 is 12.0 Å². The third-order valence-electron chi connectivity index (χ3n) is 4.71. The second-order valence-corrected chi connectivity index (χ2v) is 6.74. The number of carbonyl (C=O) groups excluding carboxylic acids is 1. The first kappa shape index (κ1) is 16.3. The third kappa shape index (κ3) is 3.24. The van der Waals surface area contributed by atoms with Crippen LogP contribution in [0.15, 0.2) is 30.3 Å². The van der Waals surface area contributed by atoms with Crippen molar-refractivity contribution in [2.24, 2.45) is 5.41 Å². The van der Waals surface area contributed by atoms with Gasteiger partial charge in [0.15, 0.2) is 0 Å². The van der Waals surface area contributed by atoms with Crippen LogP contribution >= 0.6 is 0 Å². The molecule has 2 rings (SSSR count). The van der Waals surface area contributed by atoms with E-state index in [4.69, 9.17) is 5.11 Å². The molecule has 0 spiro atoms. The van der Waals surface area contributed by atoms with Gasteiger partial charge in [0.1, 0.15) is 0 Å². The first-order valence-electron chi connectivity index (χ1n) is 7.55. The fourth-order valence-corrected chi connectivity index (χ4v) is 3.21. The minimum Gasteiger partial charge on any atom is -0.481 e. The molecule has 5 nitrogen and oxygen atoms in total. The summed E-state index contributed by atoms with van der Waals surface area (Å²) in [6, 6.07) is 10.1. The number of hydrogen-bond donors (Lipinski definition) is 2. The van der Waals surface area contributed by atoms with Crippen LogP contribution in [0.2, 0.25) is 0 Å². The molecule has 1 saturated carbocycles. The van der Waals surface area contributed by atoms with Crippen molar-refractivity contribution in [3.05, 3.63) is 35.9 Å². The lowest BCUT2D eigenvalue weighted by Gasteiger charge is -2.27. The fourth-order valence-electron chi connectivity index (χ4n) is 3.21. The van der Waals surface area contributed by atoms with Gasteiger partial charge in [-0.1, -0.05) is 44.2 Å². The maximum absolute atomic E-state index is 12.1. The summed E-state index contributed by atoms with van der Waals surface area (Å²) in [7, 11) is 1.76. The van der Waals surface area contributed by atoms with E-state index in [-0.39, 0.29) is 29.8 Å². The lowest BCUT2D eigenvalue weighted by Crippen LogP contribution is -2.43. The normalized spacial score (nSPS) is 22.0. The van der Waals surface area contributed by atoms with E-state index >= 15 is 0 Å². The summed E-state index contributed by atoms with van der Waals surface area (Å²) in [6.45, 7) is 5.22. The molecule has 0 radical (unpaired) electrons. The maximum Gasteiger partial charge on any atom is 0.317 e. The third-order valence-corrected chi connectivity index (χ3v) is 4.71. The number of urea groups is 1. The second kappa shape index (κ2) is 5.99. The summed E-state index contributed by atoms with van der Waals surface area (Å²) >= 11 is 0. The van der Waals surface area contributed by atoms with Gasteiger partial charge in [-0.15, -0.1) is 0 Å². The van der Waals surface area contributed by atoms with Gasteiger partial charge >= 0.3 is 12.0 Å². The number of hydrogen-bond acceptors (Lipinski definition) is 2. The molecule has 1 fully saturated rings. The number of benzene rings is 1. The molecule has 0 heterocycles. The summed E-state index contributed by atoms with van der Waals surface area (Å²) in [6.07, 6.45) is 0.978. The van der Waals surface area contributed by atoms with E-state index in [0.29, 0.717) is 6.54 Å². The van der Waals surface area contributed by atoms with Crippen LogP contribution in [0, 0.1) is 5.41 Å². The predicted octanol–water partition coefficient (Wildman–Crippen LogP) is 2.47. The van der Waals surface area contributed by atoms with E-state index in [2.05, 4.69) is 31.3 Å². The Morgan fingerprint density at radius 2 is 1.86 bits per heavy atom. The highest BCUT2D eigenvalue weighted by atomic mass is 16.4. The van der Waals surface area contributed by atoms with Gasteiger partial charge in [-0.05, 0) is 17.4 Å². The van der Waals surface area contributed by atoms with Crippen LogP contribution in [-0.2, 0) is 10.2 Å². The van der Waals surface area contributed by atoms with Gasteiger partial charge in [-0.25, -0.2) is 4.79 Å². The fraction of sp³-hybridized carbons (Fsp3) is 0.529. The first-order chi connectivity index (χ1) is 10.3. The highest BCUT2D eigenvalue weighted by Gasteiger charge is 2.62. The molecule has 1 aliphatic carbocycles. The molecule has 1 aliphatic rings. The van der Waals surface area contributed by atoms with Gasteiger partial charge in [0.25, 0.3) is 0 Å². The molecule has 0 aliphatic heterocycles. The highest BCUT2D eigenvalue weighted by molar-refractivity contribution is 5.75. The lowest BCUT2D eigenvalue weighted by atomic mass is 9.87. The zero-order valence-electron chi connectivity index (χ0n) is 13.4. The molecule has 0 saturated heterocycles. The average molecular weight is 304 g/mol. The lowest BCUT2D eigenvalue weighted by molar-refractivity contribution is -0.136. The number of aliphatic carboxylic acids is 1. The topological polar surface area (TPSA) is 69.6 Å². The standard InChI is InChI=1S/C17H24N2O3/c1-16(2)11-17(16,13-7-5-4-6-8-13)12-19(3)15(22)18-10-9-14(20)21/h4-8H,9-12H2,1-3H3,(H,18,22)(H,20,21). The van der Waals surface area contributed by atoms with Gasteiger partial charge < -0.3 is 15.3 Å². The van der Waals surface area contributed by atoms with Crippen LogP contribution in [0.1, 0.15) is 32.3 Å². The number of nitrogens with zero attached hydrogens (tertiary/aromatic N) is 1. The number of carbonyl (C=O) groups is 2. The maximum atomic E-state index is 12.1. The summed E-state index contributed by atoms with van der Waals surface area (Å²) < 4.78 is 0. The minimum absolute atomic E-state index is 0.0207. The smallest absolute Gasteiger partial charge is 0.317 e. The molecule has 1 atom stereocenters. The molecule has 1 unspecified atom stereocenters. The van der Waals surface area contributed by atoms with Crippen molar-refractivity contribution in [3.8, 4) is 0 Å². The van der Waals surface area contributed by atoms with Crippen molar-refractivity contribution < 1.29 is 14.7 Å². The number of nitrogens with one attached hydrogen (secondary N) is 1. The molecule has 5 heteroatoms. The monoisotopic (exact) mass is 304 g/mol. The van der Waals surface area contributed by atoms with E-state index in [1.54, 1.807) is 11.9 Å². The van der Waals surface area contributed by atoms with Crippen molar-refractivity contribution in [1.82, 2.24) is 10.2 Å². The molecule has 0 bridgehead atoms. The molecular formula is C17H24N2O3. The van der Waals surface area contributed by atoms with E-state index < -0.39 is 5.97 Å². The van der Waals surface area contributed by atoms with Crippen LogP contribution in [-0.4, -0.2) is 42.1 Å². The summed E-state index contributed by atoms with van der Waals surface area (Å²) in [5.74, 6) is -0.910. The van der Waals surface area contributed by atoms with Crippen LogP contribution in [0.4, 0.5) is 4.79 Å². The second-order valence-electron chi connectivity index (χ2n) is 6.74. The quantitative estimate of drug-likeness (QED) is 0.848. The van der Waals surface area contributed by atoms with Gasteiger partial charge in [-0.3, -0.25) is 4.79 Å². The number of amides is 2. The van der Waals surface area contributed by atoms with Gasteiger partial charge in [0.2, 0.25) is 0 Å². The molecule has 1 aromatic rings. The van der Waals surface area contributed by atoms with E-state index in [0.717, 1.165) is 6.42 Å². The largest absolute Gasteiger partial charge is 0.481 e. The van der Waals surface area contributed by atoms with E-state index in [1.165, 1.54) is 5.56 Å². The Labute approximate surface area is 131 Å². The summed E-state index contributed by atoms with van der Waals surface area (Å²) in [5, 5.41) is 11.3. The van der Waals surface area contributed by atoms with Crippen molar-refractivity contribution in [3.63, 3.8) is 0 Å². The summed E-state index contributed by atoms with van der Waals surface area (Å²) in [4.78, 5) is 24.2. The Bertz CT molecular complexity index is 556. The molecule has 1 aromatic carbocycles. The molecule has 22 heavy (non-hydrogen) atoms. The van der Waals surface area contributed by atoms with Crippen molar-refractivity contribution in [2.75, 3.05) is 20.1 Å². The Balaban J connectivity index is 2.01. The Kier molecular flexibility index (Phi) is 4.44. The Morgan fingerprint density at radius 1 is 1.27 bits per heavy atom. The molecular weight excluding hydrogens is 280 g/mol. The average Bonchev–Trinajstić information content (AvgIpc) is 3.01. The van der Waals surface area contributed by atoms with Crippen LogP contribution in [0.5, 0.6) is 0 Å².